The van der Waals surface area contributed by atoms with Crippen LogP contribution in [-0.2, 0) is 70.6 Å². The molecule has 55 nitrogen and oxygen atoms in total. The number of urea groups is 2. The zero-order valence-electron chi connectivity index (χ0n) is 66.1. The number of carbonyl (C=O) groups excluding carboxylic acids is 9. The lowest BCUT2D eigenvalue weighted by atomic mass is 10.2. The molecule has 1 heterocycles. The van der Waals surface area contributed by atoms with Crippen molar-refractivity contribution in [2.24, 2.45) is 99.1 Å². The van der Waals surface area contributed by atoms with Crippen LogP contribution in [0.2, 0.25) is 0 Å². The minimum absolute atomic E-state index is 0.0113. The van der Waals surface area contributed by atoms with Gasteiger partial charge in [0.15, 0.2) is 10.2 Å². The van der Waals surface area contributed by atoms with Crippen LogP contribution >= 0.6 is 24.4 Å². The lowest BCUT2D eigenvalue weighted by molar-refractivity contribution is -0.123. The van der Waals surface area contributed by atoms with Gasteiger partial charge in [-0.1, -0.05) is 84.4 Å². The van der Waals surface area contributed by atoms with Gasteiger partial charge in [-0.25, -0.2) is 113 Å². The van der Waals surface area contributed by atoms with Crippen molar-refractivity contribution in [2.75, 3.05) is 6.54 Å². The van der Waals surface area contributed by atoms with Crippen molar-refractivity contribution in [1.29, 1.82) is 5.26 Å². The number of aryl methyl sites for hydroxylation is 1. The van der Waals surface area contributed by atoms with Crippen molar-refractivity contribution < 1.29 is 81.6 Å². The van der Waals surface area contributed by atoms with E-state index in [1.165, 1.54) is 79.7 Å². The van der Waals surface area contributed by atoms with Gasteiger partial charge in [-0.15, -0.1) is 0 Å². The topological polar surface area (TPSA) is 995 Å². The SMILES string of the molecule is CC(=O)NN.Cc1ccc(S(=O)(=O)NN)cc1.N#CCC(=O)NN.NNC(=O)CCCCC(=O)NN.NNC(=O)NN.NNC(=O)c1ccccc1.NNC(=S)NN.NNC(N)=O.NNC(N)=S.NNS(=O)(=O)c1ccc(Oc2ccc(S(=O)(=O)NN)cc2)cc1.NNS(=O)(=O)c1ccccc1.O=C(CCNNC(=O)c1ccncc1)NCc1ccccc1. The van der Waals surface area contributed by atoms with Crippen molar-refractivity contribution in [1.82, 2.24) is 100 Å². The molecule has 0 fully saturated rings. The number of nitrogens with zero attached hydrogens (tertiary/aromatic N) is 2. The van der Waals surface area contributed by atoms with Crippen molar-refractivity contribution in [3.8, 4) is 17.6 Å². The highest BCUT2D eigenvalue weighted by molar-refractivity contribution is 7.90. The van der Waals surface area contributed by atoms with Gasteiger partial charge in [0.25, 0.3) is 51.9 Å². The number of hydrogen-bond donors (Lipinski definition) is 35. The largest absolute Gasteiger partial charge is 0.457 e. The van der Waals surface area contributed by atoms with Crippen molar-refractivity contribution in [3.05, 3.63) is 211 Å². The fraction of sp³-hybridized carbons (Fsp3) is 0.159. The number of rotatable bonds is 24. The van der Waals surface area contributed by atoms with Gasteiger partial charge in [0, 0.05) is 62.8 Å². The summed E-state index contributed by atoms with van der Waals surface area (Å²) >= 11 is 8.62. The van der Waals surface area contributed by atoms with Crippen molar-refractivity contribution in [2.45, 2.75) is 78.5 Å². The number of unbranched alkanes of at least 4 members (excludes halogenated alkanes) is 1. The molecule has 124 heavy (non-hydrogen) atoms. The highest BCUT2D eigenvalue weighted by Crippen LogP contribution is 2.24. The Labute approximate surface area is 723 Å². The van der Waals surface area contributed by atoms with E-state index >= 15 is 0 Å². The molecule has 52 N–H and O–H groups in total. The number of aromatic nitrogens is 1. The number of hydrazine groups is 16. The zero-order valence-corrected chi connectivity index (χ0v) is 71.0. The fourth-order valence-corrected chi connectivity index (χ4v) is 9.02. The molecule has 0 unspecified atom stereocenters. The Morgan fingerprint density at radius 3 is 1.05 bits per heavy atom. The molecule has 0 aliphatic rings. The number of thiocarbonyl (C=S) groups is 2. The standard InChI is InChI=1S/C16H18N4O2.C12H14N4O5S2.C7H10N2O2S.C7H8N2O.C6H14N4O2.C6H8N2O2S.C3H5N3O.C2H6N2O.CH6N4O.CH6N4S.CH5N3O.CH5N3S/c21-15(18-12-13-4-2-1-3-5-13)8-11-19-20-16(22)14-6-9-17-10-7-14;13-15-22(17,18)11-5-1-9(2-6-11)21-10-3-7-12(8-4-10)23(19,20)16-14;1-6-2-4-7(5-3-6)12(10,11)9-8;8-9-7(10)6-4-2-1-3-5-6;7-9-5(11)3-1-2-4-6(12)10-8;7-8-11(9,10)6-4-2-1-3-5-6;4-2-1-3(7)6-5;1-2(5)4-3;2*2-4-1(6)5-3;2*2-1(5)4-3/h1-7,9-10,19H,8,11-12H2,(H,18,21)(H,20,22);1-8,15-16H,13-14H2;2-5,9H,8H2,1H3;1-5H,8H2,(H,9,10);1-4,7-8H2,(H,9,11)(H,10,12);1-5,8H,7H2;1,5H2,(H,6,7);3H2,1H3,(H,4,5);2*2-3H2,(H2,4,5,6);2*3H2,(H3,2,4,5). The average molecular weight is 1860 g/mol. The number of benzene rings is 6. The molecule has 11 amide bonds. The number of ether oxygens (including phenoxy) is 1. The van der Waals surface area contributed by atoms with Gasteiger partial charge in [0.1, 0.15) is 17.9 Å². The van der Waals surface area contributed by atoms with Crippen LogP contribution in [0.15, 0.2) is 208 Å². The molecule has 0 saturated heterocycles. The summed E-state index contributed by atoms with van der Waals surface area (Å²) in [5, 5.41) is 11.0. The second-order valence-electron chi connectivity index (χ2n) is 21.3. The first-order chi connectivity index (χ1) is 58.5. The minimum Gasteiger partial charge on any atom is -0.457 e. The van der Waals surface area contributed by atoms with E-state index in [-0.39, 0.29) is 78.1 Å². The summed E-state index contributed by atoms with van der Waals surface area (Å²) < 4.78 is 95.5. The second-order valence-corrected chi connectivity index (χ2v) is 29.0. The summed E-state index contributed by atoms with van der Waals surface area (Å²) in [6, 6.07) is 47.4. The van der Waals surface area contributed by atoms with Crippen molar-refractivity contribution >= 4 is 128 Å². The molecule has 0 radical (unpaired) electrons. The first-order valence-electron chi connectivity index (χ1n) is 33.5. The summed E-state index contributed by atoms with van der Waals surface area (Å²) in [5.41, 5.74) is 38.8. The lowest BCUT2D eigenvalue weighted by Crippen LogP contribution is -2.43. The Kier molecular flexibility index (Phi) is 70.1. The van der Waals surface area contributed by atoms with Gasteiger partial charge < -0.3 is 26.9 Å². The maximum atomic E-state index is 11.7. The van der Waals surface area contributed by atoms with E-state index < -0.39 is 58.1 Å². The van der Waals surface area contributed by atoms with Crippen LogP contribution in [0.1, 0.15) is 77.3 Å². The molecule has 0 atom stereocenters. The smallest absolute Gasteiger partial charge is 0.343 e. The van der Waals surface area contributed by atoms with E-state index in [0.717, 1.165) is 11.1 Å². The molecular weight excluding hydrogens is 1760 g/mol. The maximum absolute atomic E-state index is 11.7. The van der Waals surface area contributed by atoms with E-state index in [9.17, 15) is 76.8 Å². The number of carbonyl (C=O) groups is 9. The summed E-state index contributed by atoms with van der Waals surface area (Å²) in [7, 11) is -14.4. The third-order valence-electron chi connectivity index (χ3n) is 12.4. The molecule has 0 spiro atoms. The predicted octanol–water partition coefficient (Wildman–Crippen LogP) is -9.05. The quantitative estimate of drug-likeness (QED) is 0.00878. The maximum Gasteiger partial charge on any atom is 0.343 e. The van der Waals surface area contributed by atoms with Crippen LogP contribution in [-0.4, -0.2) is 109 Å². The molecule has 0 bridgehead atoms. The van der Waals surface area contributed by atoms with Crippen LogP contribution in [0.3, 0.4) is 0 Å². The third kappa shape index (κ3) is 63.9. The Balaban J connectivity index is -0.000000433. The van der Waals surface area contributed by atoms with E-state index in [4.69, 9.17) is 68.3 Å². The van der Waals surface area contributed by atoms with Crippen LogP contribution in [0.25, 0.3) is 0 Å². The van der Waals surface area contributed by atoms with Gasteiger partial charge in [-0.3, -0.25) is 122 Å². The number of amides is 11. The molecule has 686 valence electrons. The van der Waals surface area contributed by atoms with Gasteiger partial charge >= 0.3 is 12.1 Å². The molecular formula is C63H105N37O18S6. The summed E-state index contributed by atoms with van der Waals surface area (Å²) in [4.78, 5) is 105. The summed E-state index contributed by atoms with van der Waals surface area (Å²) in [5.74, 6) is 70.0. The number of hydrogen-bond acceptors (Lipinski definition) is 38. The van der Waals surface area contributed by atoms with E-state index in [0.29, 0.717) is 61.4 Å². The van der Waals surface area contributed by atoms with Gasteiger partial charge in [0.05, 0.1) is 25.7 Å². The Morgan fingerprint density at radius 1 is 0.411 bits per heavy atom. The Hall–Kier alpha value is -13.0. The number of nitriles is 1. The lowest BCUT2D eigenvalue weighted by Gasteiger charge is -2.08. The summed E-state index contributed by atoms with van der Waals surface area (Å²) in [6.07, 6.45) is 5.16. The molecule has 0 aliphatic carbocycles. The molecule has 7 aromatic rings. The number of nitrogen functional groups attached to an aromatic ring is 1. The molecule has 7 rings (SSSR count). The molecule has 0 aliphatic heterocycles. The predicted molar refractivity (Wildman–Crippen MR) is 461 cm³/mol. The molecule has 6 aromatic carbocycles. The minimum atomic E-state index is -3.73. The highest BCUT2D eigenvalue weighted by atomic mass is 32.2. The van der Waals surface area contributed by atoms with Gasteiger partial charge in [-0.2, -0.15) is 24.6 Å². The van der Waals surface area contributed by atoms with Gasteiger partial charge in [0.2, 0.25) is 29.5 Å². The second kappa shape index (κ2) is 72.8. The number of primary amides is 1. The molecule has 1 aromatic heterocycles. The number of pyridine rings is 1. The van der Waals surface area contributed by atoms with Crippen molar-refractivity contribution in [3.63, 3.8) is 0 Å². The highest BCUT2D eigenvalue weighted by Gasteiger charge is 2.15. The Morgan fingerprint density at radius 2 is 0.758 bits per heavy atom. The zero-order chi connectivity index (χ0) is 95.6. The van der Waals surface area contributed by atoms with E-state index in [1.54, 1.807) is 126 Å². The van der Waals surface area contributed by atoms with Crippen LogP contribution in [0, 0.1) is 18.3 Å². The normalized spacial score (nSPS) is 9.61. The number of nitrogens with one attached hydrogen (secondary N) is 18. The Bertz CT molecular complexity index is 4600. The molecule has 61 heteroatoms. The van der Waals surface area contributed by atoms with E-state index in [2.05, 4.69) is 97.2 Å². The third-order valence-corrected chi connectivity index (χ3v) is 17.6. The molecule has 0 saturated carbocycles. The van der Waals surface area contributed by atoms with E-state index in [1.807, 2.05) is 70.5 Å². The van der Waals surface area contributed by atoms with Crippen LogP contribution in [0.5, 0.6) is 11.5 Å². The average Bonchev–Trinajstić information content (AvgIpc) is 0.832. The first kappa shape index (κ1) is 120. The van der Waals surface area contributed by atoms with Crippen LogP contribution < -0.4 is 199 Å². The number of sulfonamides is 4. The monoisotopic (exact) mass is 1860 g/mol. The van der Waals surface area contributed by atoms with Crippen LogP contribution in [0.4, 0.5) is 9.59 Å². The fourth-order valence-electron chi connectivity index (χ4n) is 6.47. The number of nitrogens with two attached hydrogens (primary N) is 17. The summed E-state index contributed by atoms with van der Waals surface area (Å²) in [6.45, 7) is 4.09. The van der Waals surface area contributed by atoms with Gasteiger partial charge in [-0.05, 0) is 147 Å². The first-order valence-corrected chi connectivity index (χ1v) is 40.3.